The minimum Gasteiger partial charge on any atom is -0.378 e. The lowest BCUT2D eigenvalue weighted by molar-refractivity contribution is 0.181. The SMILES string of the molecule is COCc1cc(N2CCc3c(F)ccc(F)c3C2)nc(C(C)(C)C)n1. The van der Waals surface area contributed by atoms with Crippen LogP contribution in [0.5, 0.6) is 0 Å². The van der Waals surface area contributed by atoms with E-state index >= 15 is 0 Å². The molecule has 1 aromatic heterocycles. The number of nitrogens with zero attached hydrogens (tertiary/aromatic N) is 3. The summed E-state index contributed by atoms with van der Waals surface area (Å²) in [5, 5.41) is 0. The molecule has 0 aliphatic carbocycles. The average Bonchev–Trinajstić information content (AvgIpc) is 2.57. The van der Waals surface area contributed by atoms with Crippen LogP contribution in [-0.4, -0.2) is 23.6 Å². The first-order valence-electron chi connectivity index (χ1n) is 8.37. The van der Waals surface area contributed by atoms with E-state index in [1.165, 1.54) is 12.1 Å². The molecule has 0 N–H and O–H groups in total. The van der Waals surface area contributed by atoms with Gasteiger partial charge >= 0.3 is 0 Å². The normalized spacial score (nSPS) is 14.6. The number of methoxy groups -OCH3 is 1. The van der Waals surface area contributed by atoms with Gasteiger partial charge in [-0.3, -0.25) is 0 Å². The van der Waals surface area contributed by atoms with E-state index in [-0.39, 0.29) is 17.0 Å². The lowest BCUT2D eigenvalue weighted by atomic mass is 9.95. The molecule has 0 amide bonds. The van der Waals surface area contributed by atoms with Crippen LogP contribution in [0.4, 0.5) is 14.6 Å². The number of hydrogen-bond acceptors (Lipinski definition) is 4. The number of fused-ring (bicyclic) bond motifs is 1. The van der Waals surface area contributed by atoms with E-state index in [0.717, 1.165) is 11.5 Å². The van der Waals surface area contributed by atoms with Crippen molar-refractivity contribution < 1.29 is 13.5 Å². The molecule has 0 fully saturated rings. The quantitative estimate of drug-likeness (QED) is 0.847. The van der Waals surface area contributed by atoms with Crippen molar-refractivity contribution in [1.29, 1.82) is 0 Å². The van der Waals surface area contributed by atoms with Crippen molar-refractivity contribution in [3.63, 3.8) is 0 Å². The van der Waals surface area contributed by atoms with Crippen LogP contribution in [-0.2, 0) is 29.7 Å². The summed E-state index contributed by atoms with van der Waals surface area (Å²) in [6.45, 7) is 7.40. The van der Waals surface area contributed by atoms with Crippen molar-refractivity contribution >= 4 is 5.82 Å². The van der Waals surface area contributed by atoms with Gasteiger partial charge in [0.1, 0.15) is 23.3 Å². The summed E-state index contributed by atoms with van der Waals surface area (Å²) in [5.41, 5.74) is 1.45. The third-order valence-corrected chi connectivity index (χ3v) is 4.35. The fraction of sp³-hybridized carbons (Fsp3) is 0.474. The molecule has 1 aliphatic heterocycles. The highest BCUT2D eigenvalue weighted by atomic mass is 19.1. The zero-order valence-corrected chi connectivity index (χ0v) is 15.1. The van der Waals surface area contributed by atoms with Gasteiger partial charge in [0.15, 0.2) is 0 Å². The van der Waals surface area contributed by atoms with Crippen LogP contribution in [0.2, 0.25) is 0 Å². The zero-order chi connectivity index (χ0) is 18.2. The van der Waals surface area contributed by atoms with Gasteiger partial charge in [0, 0.05) is 37.2 Å². The summed E-state index contributed by atoms with van der Waals surface area (Å²) in [4.78, 5) is 11.2. The number of anilines is 1. The van der Waals surface area contributed by atoms with Gasteiger partial charge in [0.25, 0.3) is 0 Å². The summed E-state index contributed by atoms with van der Waals surface area (Å²) in [6.07, 6.45) is 0.452. The highest BCUT2D eigenvalue weighted by Crippen LogP contribution is 2.29. The maximum absolute atomic E-state index is 14.2. The molecule has 0 saturated carbocycles. The molecule has 0 spiro atoms. The lowest BCUT2D eigenvalue weighted by Crippen LogP contribution is -2.33. The molecule has 0 unspecified atom stereocenters. The van der Waals surface area contributed by atoms with Crippen molar-refractivity contribution in [3.05, 3.63) is 52.5 Å². The Morgan fingerprint density at radius 2 is 1.80 bits per heavy atom. The van der Waals surface area contributed by atoms with Gasteiger partial charge in [0.05, 0.1) is 12.3 Å². The van der Waals surface area contributed by atoms with Gasteiger partial charge in [-0.15, -0.1) is 0 Å². The molecule has 2 aromatic rings. The number of halogens is 2. The van der Waals surface area contributed by atoms with E-state index in [2.05, 4.69) is 9.97 Å². The first kappa shape index (κ1) is 17.7. The number of ether oxygens (including phenoxy) is 1. The number of hydrogen-bond donors (Lipinski definition) is 0. The van der Waals surface area contributed by atoms with Crippen LogP contribution in [0.3, 0.4) is 0 Å². The average molecular weight is 347 g/mol. The summed E-state index contributed by atoms with van der Waals surface area (Å²) in [5.74, 6) is 0.723. The Hall–Kier alpha value is -2.08. The first-order valence-corrected chi connectivity index (χ1v) is 8.37. The van der Waals surface area contributed by atoms with Gasteiger partial charge in [-0.2, -0.15) is 0 Å². The van der Waals surface area contributed by atoms with Crippen molar-refractivity contribution in [1.82, 2.24) is 9.97 Å². The van der Waals surface area contributed by atoms with Crippen molar-refractivity contribution in [2.75, 3.05) is 18.6 Å². The molecule has 1 aromatic carbocycles. The molecule has 2 heterocycles. The van der Waals surface area contributed by atoms with Crippen LogP contribution in [0.25, 0.3) is 0 Å². The molecule has 25 heavy (non-hydrogen) atoms. The second kappa shape index (κ2) is 6.67. The molecule has 0 atom stereocenters. The fourth-order valence-corrected chi connectivity index (χ4v) is 2.99. The molecule has 134 valence electrons. The van der Waals surface area contributed by atoms with E-state index in [1.807, 2.05) is 31.7 Å². The first-order chi connectivity index (χ1) is 11.8. The molecule has 1 aliphatic rings. The largest absolute Gasteiger partial charge is 0.378 e. The molecule has 0 bridgehead atoms. The van der Waals surface area contributed by atoms with Crippen molar-refractivity contribution in [2.45, 2.75) is 45.8 Å². The predicted molar refractivity (Wildman–Crippen MR) is 92.6 cm³/mol. The second-order valence-corrected chi connectivity index (χ2v) is 7.38. The maximum atomic E-state index is 14.2. The topological polar surface area (TPSA) is 38.2 Å². The zero-order valence-electron chi connectivity index (χ0n) is 15.1. The number of rotatable bonds is 3. The van der Waals surface area contributed by atoms with Crippen molar-refractivity contribution in [2.24, 2.45) is 0 Å². The van der Waals surface area contributed by atoms with Crippen LogP contribution >= 0.6 is 0 Å². The summed E-state index contributed by atoms with van der Waals surface area (Å²) in [7, 11) is 1.62. The third kappa shape index (κ3) is 3.63. The van der Waals surface area contributed by atoms with Crippen LogP contribution in [0.1, 0.15) is 43.4 Å². The third-order valence-electron chi connectivity index (χ3n) is 4.35. The summed E-state index contributed by atoms with van der Waals surface area (Å²) >= 11 is 0. The number of benzene rings is 1. The Bertz CT molecular complexity index is 787. The highest BCUT2D eigenvalue weighted by Gasteiger charge is 2.25. The van der Waals surface area contributed by atoms with Crippen LogP contribution < -0.4 is 4.90 Å². The van der Waals surface area contributed by atoms with E-state index in [1.54, 1.807) is 7.11 Å². The Morgan fingerprint density at radius 3 is 2.44 bits per heavy atom. The standard InChI is InChI=1S/C19H23F2N3O/c1-19(2,3)18-22-12(11-25-4)9-17(23-18)24-8-7-13-14(10-24)16(21)6-5-15(13)20/h5-6,9H,7-8,10-11H2,1-4H3. The van der Waals surface area contributed by atoms with Gasteiger partial charge in [-0.1, -0.05) is 20.8 Å². The Balaban J connectivity index is 1.99. The highest BCUT2D eigenvalue weighted by molar-refractivity contribution is 5.46. The summed E-state index contributed by atoms with van der Waals surface area (Å²) < 4.78 is 33.3. The van der Waals surface area contributed by atoms with E-state index in [0.29, 0.717) is 43.1 Å². The molecular formula is C19H23F2N3O. The van der Waals surface area contributed by atoms with Crippen LogP contribution in [0.15, 0.2) is 18.2 Å². The predicted octanol–water partition coefficient (Wildman–Crippen LogP) is 3.76. The van der Waals surface area contributed by atoms with Crippen LogP contribution in [0, 0.1) is 11.6 Å². The minimum atomic E-state index is -0.372. The second-order valence-electron chi connectivity index (χ2n) is 7.38. The molecule has 3 rings (SSSR count). The molecule has 0 radical (unpaired) electrons. The Labute approximate surface area is 146 Å². The van der Waals surface area contributed by atoms with Gasteiger partial charge < -0.3 is 9.64 Å². The Morgan fingerprint density at radius 1 is 1.12 bits per heavy atom. The molecular weight excluding hydrogens is 324 g/mol. The van der Waals surface area contributed by atoms with Crippen molar-refractivity contribution in [3.8, 4) is 0 Å². The Kier molecular flexibility index (Phi) is 4.73. The molecule has 0 saturated heterocycles. The van der Waals surface area contributed by atoms with E-state index < -0.39 is 0 Å². The van der Waals surface area contributed by atoms with Gasteiger partial charge in [-0.05, 0) is 24.1 Å². The van der Waals surface area contributed by atoms with Gasteiger partial charge in [-0.25, -0.2) is 18.7 Å². The van der Waals surface area contributed by atoms with E-state index in [4.69, 9.17) is 4.74 Å². The number of aromatic nitrogens is 2. The summed E-state index contributed by atoms with van der Waals surface area (Å²) in [6, 6.07) is 4.25. The maximum Gasteiger partial charge on any atom is 0.136 e. The van der Waals surface area contributed by atoms with E-state index in [9.17, 15) is 8.78 Å². The molecule has 4 nitrogen and oxygen atoms in total. The smallest absolute Gasteiger partial charge is 0.136 e. The fourth-order valence-electron chi connectivity index (χ4n) is 2.99. The lowest BCUT2D eigenvalue weighted by Gasteiger charge is -2.31. The molecule has 6 heteroatoms. The van der Waals surface area contributed by atoms with Gasteiger partial charge in [0.2, 0.25) is 0 Å². The minimum absolute atomic E-state index is 0.219. The monoisotopic (exact) mass is 347 g/mol.